The van der Waals surface area contributed by atoms with Gasteiger partial charge < -0.3 is 15.1 Å². The zero-order chi connectivity index (χ0) is 16.9. The van der Waals surface area contributed by atoms with Crippen LogP contribution in [0.3, 0.4) is 0 Å². The molecular weight excluding hydrogens is 304 g/mol. The summed E-state index contributed by atoms with van der Waals surface area (Å²) in [6.07, 6.45) is 2.69. The number of piperidine rings is 1. The van der Waals surface area contributed by atoms with Gasteiger partial charge >= 0.3 is 0 Å². The van der Waals surface area contributed by atoms with Crippen molar-refractivity contribution in [3.05, 3.63) is 0 Å². The van der Waals surface area contributed by atoms with Crippen LogP contribution in [0.5, 0.6) is 0 Å². The summed E-state index contributed by atoms with van der Waals surface area (Å²) in [7, 11) is 1.92. The fourth-order valence-corrected chi connectivity index (χ4v) is 4.88. The lowest BCUT2D eigenvalue weighted by molar-refractivity contribution is 0.159. The minimum Gasteiger partial charge on any atom is -0.356 e. The van der Waals surface area contributed by atoms with Crippen molar-refractivity contribution < 1.29 is 0 Å². The standard InChI is InChI=1S/C18H36N4S/c1-15(2)12-21-8-6-7-16(13-21)11-20-17(19-5)22-9-10-23-18(3,4)14-22/h15-16H,6-14H2,1-5H3,(H,19,20). The molecule has 2 fully saturated rings. The summed E-state index contributed by atoms with van der Waals surface area (Å²) in [5.74, 6) is 3.81. The van der Waals surface area contributed by atoms with Crippen LogP contribution in [0.15, 0.2) is 4.99 Å². The van der Waals surface area contributed by atoms with Gasteiger partial charge in [-0.3, -0.25) is 4.99 Å². The highest BCUT2D eigenvalue weighted by Crippen LogP contribution is 2.29. The van der Waals surface area contributed by atoms with E-state index in [1.54, 1.807) is 0 Å². The van der Waals surface area contributed by atoms with Crippen molar-refractivity contribution in [2.45, 2.75) is 45.3 Å². The average molecular weight is 341 g/mol. The number of nitrogens with one attached hydrogen (secondary N) is 1. The van der Waals surface area contributed by atoms with Crippen LogP contribution in [0.2, 0.25) is 0 Å². The van der Waals surface area contributed by atoms with Crippen molar-refractivity contribution >= 4 is 17.7 Å². The minimum atomic E-state index is 0.328. The summed E-state index contributed by atoms with van der Waals surface area (Å²) in [4.78, 5) is 9.62. The Morgan fingerprint density at radius 1 is 1.35 bits per heavy atom. The molecule has 0 aliphatic carbocycles. The molecule has 2 heterocycles. The number of thioether (sulfide) groups is 1. The van der Waals surface area contributed by atoms with E-state index in [4.69, 9.17) is 0 Å². The molecule has 0 bridgehead atoms. The molecule has 0 saturated carbocycles. The molecule has 2 rings (SSSR count). The Kier molecular flexibility index (Phi) is 7.08. The first-order chi connectivity index (χ1) is 10.9. The van der Waals surface area contributed by atoms with E-state index >= 15 is 0 Å². The molecule has 0 aromatic heterocycles. The third-order valence-electron chi connectivity index (χ3n) is 4.71. The highest BCUT2D eigenvalue weighted by Gasteiger charge is 2.29. The number of likely N-dealkylation sites (tertiary alicyclic amines) is 1. The van der Waals surface area contributed by atoms with Gasteiger partial charge in [0, 0.05) is 50.3 Å². The van der Waals surface area contributed by atoms with Crippen molar-refractivity contribution in [1.29, 1.82) is 0 Å². The van der Waals surface area contributed by atoms with E-state index in [1.807, 2.05) is 7.05 Å². The van der Waals surface area contributed by atoms with Crippen molar-refractivity contribution in [2.24, 2.45) is 16.8 Å². The summed E-state index contributed by atoms with van der Waals surface area (Å²) in [5.41, 5.74) is 0. The first-order valence-electron chi connectivity index (χ1n) is 9.21. The van der Waals surface area contributed by atoms with Crippen LogP contribution in [0.25, 0.3) is 0 Å². The number of aliphatic imine (C=N–C) groups is 1. The second-order valence-corrected chi connectivity index (χ2v) is 9.92. The van der Waals surface area contributed by atoms with Crippen LogP contribution >= 0.6 is 11.8 Å². The molecule has 2 saturated heterocycles. The Morgan fingerprint density at radius 3 is 2.78 bits per heavy atom. The fraction of sp³-hybridized carbons (Fsp3) is 0.944. The van der Waals surface area contributed by atoms with Crippen LogP contribution in [0.4, 0.5) is 0 Å². The molecule has 23 heavy (non-hydrogen) atoms. The topological polar surface area (TPSA) is 30.9 Å². The zero-order valence-corrected chi connectivity index (χ0v) is 16.6. The minimum absolute atomic E-state index is 0.328. The summed E-state index contributed by atoms with van der Waals surface area (Å²) < 4.78 is 0.328. The SMILES string of the molecule is CN=C(NCC1CCCN(CC(C)C)C1)N1CCSC(C)(C)C1. The number of hydrogen-bond donors (Lipinski definition) is 1. The predicted octanol–water partition coefficient (Wildman–Crippen LogP) is 2.76. The number of nitrogens with zero attached hydrogens (tertiary/aromatic N) is 3. The number of rotatable bonds is 4. The van der Waals surface area contributed by atoms with Gasteiger partial charge in [0.05, 0.1) is 0 Å². The van der Waals surface area contributed by atoms with Gasteiger partial charge in [0.15, 0.2) is 5.96 Å². The van der Waals surface area contributed by atoms with Crippen molar-refractivity contribution in [3.63, 3.8) is 0 Å². The molecule has 4 nitrogen and oxygen atoms in total. The molecule has 1 N–H and O–H groups in total. The van der Waals surface area contributed by atoms with E-state index in [0.717, 1.165) is 37.4 Å². The molecule has 0 radical (unpaired) electrons. The predicted molar refractivity (Wildman–Crippen MR) is 103 cm³/mol. The largest absolute Gasteiger partial charge is 0.356 e. The average Bonchev–Trinajstić information content (AvgIpc) is 2.46. The van der Waals surface area contributed by atoms with Gasteiger partial charge in [-0.05, 0) is 45.1 Å². The molecule has 0 aromatic rings. The molecule has 134 valence electrons. The van der Waals surface area contributed by atoms with E-state index in [9.17, 15) is 0 Å². The summed E-state index contributed by atoms with van der Waals surface area (Å²) in [6, 6.07) is 0. The fourth-order valence-electron chi connectivity index (χ4n) is 3.77. The van der Waals surface area contributed by atoms with E-state index in [1.165, 1.54) is 38.2 Å². The van der Waals surface area contributed by atoms with E-state index in [-0.39, 0.29) is 0 Å². The third kappa shape index (κ3) is 6.18. The van der Waals surface area contributed by atoms with Gasteiger partial charge in [-0.15, -0.1) is 0 Å². The normalized spacial score (nSPS) is 26.6. The molecule has 0 aromatic carbocycles. The Labute approximate surface area is 147 Å². The smallest absolute Gasteiger partial charge is 0.193 e. The summed E-state index contributed by atoms with van der Waals surface area (Å²) in [6.45, 7) is 16.3. The van der Waals surface area contributed by atoms with Gasteiger partial charge in [0.2, 0.25) is 0 Å². The first kappa shape index (κ1) is 18.9. The quantitative estimate of drug-likeness (QED) is 0.630. The van der Waals surface area contributed by atoms with Gasteiger partial charge in [-0.25, -0.2) is 0 Å². The van der Waals surface area contributed by atoms with Crippen molar-refractivity contribution in [2.75, 3.05) is 52.1 Å². The Hall–Kier alpha value is -0.420. The Bertz CT molecular complexity index is 394. The zero-order valence-electron chi connectivity index (χ0n) is 15.8. The first-order valence-corrected chi connectivity index (χ1v) is 10.2. The lowest BCUT2D eigenvalue weighted by Crippen LogP contribution is -2.52. The molecule has 1 atom stereocenters. The van der Waals surface area contributed by atoms with Crippen molar-refractivity contribution in [1.82, 2.24) is 15.1 Å². The summed E-state index contributed by atoms with van der Waals surface area (Å²) in [5, 5.41) is 3.66. The van der Waals surface area contributed by atoms with Crippen molar-refractivity contribution in [3.8, 4) is 0 Å². The highest BCUT2D eigenvalue weighted by atomic mass is 32.2. The molecule has 0 spiro atoms. The molecule has 1 unspecified atom stereocenters. The monoisotopic (exact) mass is 340 g/mol. The van der Waals surface area contributed by atoms with Crippen LogP contribution in [-0.2, 0) is 0 Å². The van der Waals surface area contributed by atoms with Crippen LogP contribution in [0, 0.1) is 11.8 Å². The molecular formula is C18H36N4S. The Balaban J connectivity index is 1.81. The molecule has 2 aliphatic heterocycles. The second-order valence-electron chi connectivity index (χ2n) is 8.12. The van der Waals surface area contributed by atoms with E-state index in [2.05, 4.69) is 59.6 Å². The lowest BCUT2D eigenvalue weighted by atomic mass is 9.97. The van der Waals surface area contributed by atoms with Crippen LogP contribution in [-0.4, -0.2) is 72.6 Å². The maximum Gasteiger partial charge on any atom is 0.193 e. The van der Waals surface area contributed by atoms with Gasteiger partial charge in [-0.1, -0.05) is 13.8 Å². The number of guanidine groups is 1. The lowest BCUT2D eigenvalue weighted by Gasteiger charge is -2.40. The van der Waals surface area contributed by atoms with Crippen LogP contribution in [0.1, 0.15) is 40.5 Å². The second kappa shape index (κ2) is 8.61. The maximum absolute atomic E-state index is 4.54. The molecule has 2 aliphatic rings. The van der Waals surface area contributed by atoms with Crippen LogP contribution < -0.4 is 5.32 Å². The number of hydrogen-bond acceptors (Lipinski definition) is 3. The summed E-state index contributed by atoms with van der Waals surface area (Å²) >= 11 is 2.07. The van der Waals surface area contributed by atoms with E-state index < -0.39 is 0 Å². The molecule has 0 amide bonds. The highest BCUT2D eigenvalue weighted by molar-refractivity contribution is 8.00. The van der Waals surface area contributed by atoms with Gasteiger partial charge in [0.25, 0.3) is 0 Å². The van der Waals surface area contributed by atoms with Gasteiger partial charge in [-0.2, -0.15) is 11.8 Å². The van der Waals surface area contributed by atoms with Gasteiger partial charge in [0.1, 0.15) is 0 Å². The third-order valence-corrected chi connectivity index (χ3v) is 6.01. The molecule has 5 heteroatoms. The Morgan fingerprint density at radius 2 is 2.13 bits per heavy atom. The van der Waals surface area contributed by atoms with E-state index in [0.29, 0.717) is 4.75 Å². The maximum atomic E-state index is 4.54.